The number of rotatable bonds is 3. The smallest absolute Gasteiger partial charge is 0.332 e. The lowest BCUT2D eigenvalue weighted by molar-refractivity contribution is -0.192. The SMILES string of the molecule is CCCC(=O)ON1CC(=O)CC1=O. The second-order valence-electron chi connectivity index (χ2n) is 2.86. The van der Waals surface area contributed by atoms with Gasteiger partial charge in [0.25, 0.3) is 5.91 Å². The molecule has 0 bridgehead atoms. The molecule has 0 aromatic carbocycles. The lowest BCUT2D eigenvalue weighted by Gasteiger charge is -2.12. The third-order valence-electron chi connectivity index (χ3n) is 1.61. The van der Waals surface area contributed by atoms with Crippen LogP contribution in [0.15, 0.2) is 0 Å². The van der Waals surface area contributed by atoms with Crippen molar-refractivity contribution in [2.45, 2.75) is 26.2 Å². The third kappa shape index (κ3) is 2.54. The van der Waals surface area contributed by atoms with E-state index in [1.54, 1.807) is 0 Å². The van der Waals surface area contributed by atoms with Crippen molar-refractivity contribution in [2.75, 3.05) is 6.54 Å². The van der Waals surface area contributed by atoms with E-state index in [0.29, 0.717) is 6.42 Å². The van der Waals surface area contributed by atoms with Crippen LogP contribution in [-0.2, 0) is 19.2 Å². The average molecular weight is 185 g/mol. The highest BCUT2D eigenvalue weighted by Crippen LogP contribution is 2.08. The molecule has 1 heterocycles. The van der Waals surface area contributed by atoms with E-state index >= 15 is 0 Å². The maximum Gasteiger partial charge on any atom is 0.332 e. The number of ketones is 1. The molecule has 1 aliphatic heterocycles. The maximum absolute atomic E-state index is 11.0. The largest absolute Gasteiger partial charge is 0.338 e. The molecule has 13 heavy (non-hydrogen) atoms. The van der Waals surface area contributed by atoms with E-state index < -0.39 is 11.9 Å². The van der Waals surface area contributed by atoms with Gasteiger partial charge in [-0.2, -0.15) is 5.06 Å². The van der Waals surface area contributed by atoms with Crippen LogP contribution in [0.25, 0.3) is 0 Å². The fraction of sp³-hybridized carbons (Fsp3) is 0.625. The molecule has 1 amide bonds. The zero-order valence-corrected chi connectivity index (χ0v) is 7.41. The molecule has 0 atom stereocenters. The molecule has 1 aliphatic rings. The number of hydroxylamine groups is 2. The van der Waals surface area contributed by atoms with Crippen LogP contribution < -0.4 is 0 Å². The molecule has 0 saturated carbocycles. The van der Waals surface area contributed by atoms with Gasteiger partial charge >= 0.3 is 5.97 Å². The molecular formula is C8H11NO4. The zero-order chi connectivity index (χ0) is 9.84. The molecule has 0 N–H and O–H groups in total. The number of hydrogen-bond donors (Lipinski definition) is 0. The second-order valence-corrected chi connectivity index (χ2v) is 2.86. The minimum atomic E-state index is -0.467. The lowest BCUT2D eigenvalue weighted by atomic mass is 10.3. The average Bonchev–Trinajstić information content (AvgIpc) is 2.30. The molecule has 0 radical (unpaired) electrons. The van der Waals surface area contributed by atoms with E-state index in [-0.39, 0.29) is 25.2 Å². The molecule has 1 rings (SSSR count). The molecule has 1 saturated heterocycles. The standard InChI is InChI=1S/C8H11NO4/c1-2-3-8(12)13-9-5-6(10)4-7(9)11/h2-5H2,1H3. The van der Waals surface area contributed by atoms with E-state index in [2.05, 4.69) is 4.84 Å². The van der Waals surface area contributed by atoms with E-state index in [9.17, 15) is 14.4 Å². The summed E-state index contributed by atoms with van der Waals surface area (Å²) in [7, 11) is 0. The Morgan fingerprint density at radius 1 is 1.54 bits per heavy atom. The summed E-state index contributed by atoms with van der Waals surface area (Å²) in [4.78, 5) is 37.3. The molecule has 0 unspecified atom stereocenters. The fourth-order valence-electron chi connectivity index (χ4n) is 1.02. The summed E-state index contributed by atoms with van der Waals surface area (Å²) in [5.41, 5.74) is 0. The van der Waals surface area contributed by atoms with Crippen LogP contribution in [0.1, 0.15) is 26.2 Å². The Morgan fingerprint density at radius 3 is 2.69 bits per heavy atom. The van der Waals surface area contributed by atoms with Gasteiger partial charge in [-0.1, -0.05) is 6.92 Å². The minimum absolute atomic E-state index is 0.103. The van der Waals surface area contributed by atoms with Gasteiger partial charge in [0, 0.05) is 6.42 Å². The van der Waals surface area contributed by atoms with Crippen LogP contribution in [0.4, 0.5) is 0 Å². The van der Waals surface area contributed by atoms with Gasteiger partial charge in [-0.15, -0.1) is 0 Å². The number of Topliss-reactive ketones (excluding diaryl/α,β-unsaturated/α-hetero) is 1. The first-order valence-corrected chi connectivity index (χ1v) is 4.16. The van der Waals surface area contributed by atoms with Crippen LogP contribution in [0.3, 0.4) is 0 Å². The van der Waals surface area contributed by atoms with Gasteiger partial charge in [-0.3, -0.25) is 9.59 Å². The molecule has 72 valence electrons. The number of carbonyl (C=O) groups excluding carboxylic acids is 3. The molecular weight excluding hydrogens is 174 g/mol. The van der Waals surface area contributed by atoms with Gasteiger partial charge in [0.15, 0.2) is 5.78 Å². The predicted molar refractivity (Wildman–Crippen MR) is 42.3 cm³/mol. The number of amides is 1. The summed E-state index contributed by atoms with van der Waals surface area (Å²) in [5, 5.41) is 0.834. The number of nitrogens with zero attached hydrogens (tertiary/aromatic N) is 1. The highest BCUT2D eigenvalue weighted by Gasteiger charge is 2.30. The Bertz CT molecular complexity index is 249. The first-order valence-electron chi connectivity index (χ1n) is 4.16. The molecule has 5 heteroatoms. The van der Waals surface area contributed by atoms with Crippen LogP contribution in [0, 0.1) is 0 Å². The van der Waals surface area contributed by atoms with Crippen molar-refractivity contribution in [3.63, 3.8) is 0 Å². The first-order chi connectivity index (χ1) is 6.13. The molecule has 0 spiro atoms. The second kappa shape index (κ2) is 4.02. The summed E-state index contributed by atoms with van der Waals surface area (Å²) in [6, 6.07) is 0. The Labute approximate surface area is 75.6 Å². The van der Waals surface area contributed by atoms with Crippen molar-refractivity contribution in [3.8, 4) is 0 Å². The summed E-state index contributed by atoms with van der Waals surface area (Å²) >= 11 is 0. The number of carbonyl (C=O) groups is 3. The summed E-state index contributed by atoms with van der Waals surface area (Å²) in [6.45, 7) is 1.73. The molecule has 0 aromatic heterocycles. The van der Waals surface area contributed by atoms with Crippen molar-refractivity contribution in [1.29, 1.82) is 0 Å². The number of hydrogen-bond acceptors (Lipinski definition) is 4. The summed E-state index contributed by atoms with van der Waals surface area (Å²) < 4.78 is 0. The monoisotopic (exact) mass is 185 g/mol. The van der Waals surface area contributed by atoms with E-state index in [0.717, 1.165) is 5.06 Å². The molecule has 1 fully saturated rings. The van der Waals surface area contributed by atoms with Crippen molar-refractivity contribution in [3.05, 3.63) is 0 Å². The summed E-state index contributed by atoms with van der Waals surface area (Å²) in [5.74, 6) is -1.12. The van der Waals surface area contributed by atoms with Gasteiger partial charge < -0.3 is 4.84 Å². The Kier molecular flexibility index (Phi) is 3.00. The highest BCUT2D eigenvalue weighted by atomic mass is 16.7. The van der Waals surface area contributed by atoms with Crippen molar-refractivity contribution >= 4 is 17.7 Å². The Morgan fingerprint density at radius 2 is 2.23 bits per heavy atom. The predicted octanol–water partition coefficient (Wildman–Crippen LogP) is 0.0461. The van der Waals surface area contributed by atoms with Gasteiger partial charge in [-0.05, 0) is 6.42 Å². The van der Waals surface area contributed by atoms with Crippen LogP contribution in [-0.4, -0.2) is 29.3 Å². The van der Waals surface area contributed by atoms with Gasteiger partial charge in [0.1, 0.15) is 6.54 Å². The minimum Gasteiger partial charge on any atom is -0.338 e. The van der Waals surface area contributed by atoms with E-state index in [4.69, 9.17) is 0 Å². The molecule has 0 aliphatic carbocycles. The normalized spacial score (nSPS) is 16.5. The molecule has 5 nitrogen and oxygen atoms in total. The van der Waals surface area contributed by atoms with Gasteiger partial charge in [-0.25, -0.2) is 4.79 Å². The van der Waals surface area contributed by atoms with E-state index in [1.165, 1.54) is 0 Å². The van der Waals surface area contributed by atoms with Crippen LogP contribution in [0.5, 0.6) is 0 Å². The quantitative estimate of drug-likeness (QED) is 0.582. The molecule has 0 aromatic rings. The van der Waals surface area contributed by atoms with Gasteiger partial charge in [0.2, 0.25) is 0 Å². The van der Waals surface area contributed by atoms with Crippen molar-refractivity contribution < 1.29 is 19.2 Å². The van der Waals surface area contributed by atoms with Gasteiger partial charge in [0.05, 0.1) is 6.42 Å². The van der Waals surface area contributed by atoms with E-state index in [1.807, 2.05) is 6.92 Å². The highest BCUT2D eigenvalue weighted by molar-refractivity contribution is 6.05. The maximum atomic E-state index is 11.0. The summed E-state index contributed by atoms with van der Waals surface area (Å²) in [6.07, 6.45) is 0.770. The lowest BCUT2D eigenvalue weighted by Crippen LogP contribution is -2.28. The first kappa shape index (κ1) is 9.70. The third-order valence-corrected chi connectivity index (χ3v) is 1.61. The Hall–Kier alpha value is -1.39. The fourth-order valence-corrected chi connectivity index (χ4v) is 1.02. The van der Waals surface area contributed by atoms with Crippen LogP contribution >= 0.6 is 0 Å². The van der Waals surface area contributed by atoms with Crippen molar-refractivity contribution in [1.82, 2.24) is 5.06 Å². The zero-order valence-electron chi connectivity index (χ0n) is 7.41. The van der Waals surface area contributed by atoms with Crippen LogP contribution in [0.2, 0.25) is 0 Å². The Balaban J connectivity index is 2.41. The van der Waals surface area contributed by atoms with Crippen molar-refractivity contribution in [2.24, 2.45) is 0 Å². The topological polar surface area (TPSA) is 63.7 Å².